The second kappa shape index (κ2) is 8.72. The smallest absolute Gasteiger partial charge is 0.253 e. The molecule has 0 fully saturated rings. The predicted molar refractivity (Wildman–Crippen MR) is 134 cm³/mol. The summed E-state index contributed by atoms with van der Waals surface area (Å²) in [6.07, 6.45) is 2.51. The molecule has 3 aromatic carbocycles. The molecule has 2 aromatic heterocycles. The molecular weight excluding hydrogens is 444 g/mol. The van der Waals surface area contributed by atoms with Crippen LogP contribution >= 0.6 is 11.8 Å². The summed E-state index contributed by atoms with van der Waals surface area (Å²) in [6, 6.07) is 27.6. The SMILES string of the molecule is O=C(CSc1nc2ccccc2c2nc(-c3ccccc3)nn12)N1N=CC[C@@H]1c1ccccc1. The zero-order valence-electron chi connectivity index (χ0n) is 18.2. The molecule has 0 saturated heterocycles. The van der Waals surface area contributed by atoms with Crippen LogP contribution in [0, 0.1) is 0 Å². The highest BCUT2D eigenvalue weighted by molar-refractivity contribution is 7.99. The minimum Gasteiger partial charge on any atom is -0.272 e. The Bertz CT molecular complexity index is 1520. The standard InChI is InChI=1S/C26H20N6OS/c33-23(31-22(15-16-27-31)18-9-3-1-4-10-18)17-34-26-28-21-14-8-7-13-20(21)25-29-24(30-32(25)26)19-11-5-2-6-12-19/h1-14,16,22H,15,17H2/t22-/m1/s1. The van der Waals surface area contributed by atoms with Gasteiger partial charge in [-0.05, 0) is 17.7 Å². The third kappa shape index (κ3) is 3.72. The number of hydrogen-bond donors (Lipinski definition) is 0. The molecule has 5 aromatic rings. The molecule has 7 nitrogen and oxygen atoms in total. The fourth-order valence-electron chi connectivity index (χ4n) is 4.13. The van der Waals surface area contributed by atoms with E-state index >= 15 is 0 Å². The van der Waals surface area contributed by atoms with Gasteiger partial charge < -0.3 is 0 Å². The van der Waals surface area contributed by atoms with Gasteiger partial charge in [0.2, 0.25) is 0 Å². The molecule has 0 unspecified atom stereocenters. The Morgan fingerprint density at radius 1 is 0.912 bits per heavy atom. The molecule has 1 aliphatic rings. The number of rotatable bonds is 5. The molecule has 0 saturated carbocycles. The molecule has 166 valence electrons. The van der Waals surface area contributed by atoms with Crippen molar-refractivity contribution in [3.63, 3.8) is 0 Å². The number of hydrazone groups is 1. The van der Waals surface area contributed by atoms with Crippen LogP contribution in [0.5, 0.6) is 0 Å². The van der Waals surface area contributed by atoms with E-state index in [4.69, 9.17) is 15.1 Å². The fourth-order valence-corrected chi connectivity index (χ4v) is 4.93. The number of aromatic nitrogens is 4. The van der Waals surface area contributed by atoms with Crippen LogP contribution in [0.25, 0.3) is 27.9 Å². The van der Waals surface area contributed by atoms with Gasteiger partial charge in [-0.1, -0.05) is 84.6 Å². The summed E-state index contributed by atoms with van der Waals surface area (Å²) in [5, 5.41) is 12.2. The van der Waals surface area contributed by atoms with Crippen LogP contribution in [0.15, 0.2) is 95.2 Å². The minimum atomic E-state index is -0.0741. The second-order valence-corrected chi connectivity index (χ2v) is 8.88. The highest BCUT2D eigenvalue weighted by atomic mass is 32.2. The van der Waals surface area contributed by atoms with E-state index < -0.39 is 0 Å². The number of hydrogen-bond acceptors (Lipinski definition) is 6. The lowest BCUT2D eigenvalue weighted by Gasteiger charge is -2.22. The monoisotopic (exact) mass is 464 g/mol. The normalized spacial score (nSPS) is 15.4. The summed E-state index contributed by atoms with van der Waals surface area (Å²) in [6.45, 7) is 0. The second-order valence-electron chi connectivity index (χ2n) is 7.94. The van der Waals surface area contributed by atoms with E-state index in [0.717, 1.165) is 27.7 Å². The van der Waals surface area contributed by atoms with E-state index in [-0.39, 0.29) is 17.7 Å². The van der Waals surface area contributed by atoms with Crippen LogP contribution < -0.4 is 0 Å². The number of amides is 1. The van der Waals surface area contributed by atoms with Crippen molar-refractivity contribution >= 4 is 40.4 Å². The number of para-hydroxylation sites is 1. The van der Waals surface area contributed by atoms with Crippen molar-refractivity contribution < 1.29 is 4.79 Å². The van der Waals surface area contributed by atoms with E-state index in [0.29, 0.717) is 17.4 Å². The molecule has 0 bridgehead atoms. The third-order valence-electron chi connectivity index (χ3n) is 5.78. The lowest BCUT2D eigenvalue weighted by atomic mass is 10.0. The number of carbonyl (C=O) groups excluding carboxylic acids is 1. The Morgan fingerprint density at radius 3 is 2.47 bits per heavy atom. The molecule has 34 heavy (non-hydrogen) atoms. The van der Waals surface area contributed by atoms with E-state index in [1.165, 1.54) is 11.8 Å². The van der Waals surface area contributed by atoms with Gasteiger partial charge in [-0.3, -0.25) is 4.79 Å². The van der Waals surface area contributed by atoms with Crippen LogP contribution in [-0.4, -0.2) is 42.5 Å². The lowest BCUT2D eigenvalue weighted by molar-refractivity contribution is -0.130. The number of thioether (sulfide) groups is 1. The quantitative estimate of drug-likeness (QED) is 0.270. The van der Waals surface area contributed by atoms with Gasteiger partial charge in [0.05, 0.1) is 17.3 Å². The van der Waals surface area contributed by atoms with Gasteiger partial charge >= 0.3 is 0 Å². The van der Waals surface area contributed by atoms with E-state index in [2.05, 4.69) is 5.10 Å². The molecule has 8 heteroatoms. The molecule has 1 aliphatic heterocycles. The number of fused-ring (bicyclic) bond motifs is 3. The first kappa shape index (κ1) is 20.6. The average molecular weight is 465 g/mol. The van der Waals surface area contributed by atoms with Crippen molar-refractivity contribution in [2.45, 2.75) is 17.6 Å². The number of nitrogens with zero attached hydrogens (tertiary/aromatic N) is 6. The molecule has 0 spiro atoms. The van der Waals surface area contributed by atoms with Gasteiger partial charge in [-0.2, -0.15) is 9.62 Å². The first-order chi connectivity index (χ1) is 16.8. The number of benzene rings is 3. The zero-order chi connectivity index (χ0) is 22.9. The molecule has 0 aliphatic carbocycles. The third-order valence-corrected chi connectivity index (χ3v) is 6.69. The van der Waals surface area contributed by atoms with Gasteiger partial charge in [0.1, 0.15) is 0 Å². The Kier molecular flexibility index (Phi) is 5.27. The van der Waals surface area contributed by atoms with Gasteiger partial charge in [-0.25, -0.2) is 15.0 Å². The maximum atomic E-state index is 13.1. The van der Waals surface area contributed by atoms with Crippen LogP contribution in [0.2, 0.25) is 0 Å². The van der Waals surface area contributed by atoms with Crippen LogP contribution in [-0.2, 0) is 4.79 Å². The largest absolute Gasteiger partial charge is 0.272 e. The first-order valence-electron chi connectivity index (χ1n) is 11.0. The summed E-state index contributed by atoms with van der Waals surface area (Å²) < 4.78 is 1.74. The maximum Gasteiger partial charge on any atom is 0.253 e. The van der Waals surface area contributed by atoms with E-state index in [1.54, 1.807) is 15.7 Å². The van der Waals surface area contributed by atoms with Crippen LogP contribution in [0.3, 0.4) is 0 Å². The van der Waals surface area contributed by atoms with Crippen molar-refractivity contribution in [1.82, 2.24) is 24.6 Å². The highest BCUT2D eigenvalue weighted by Crippen LogP contribution is 2.30. The van der Waals surface area contributed by atoms with Crippen molar-refractivity contribution in [2.75, 3.05) is 5.75 Å². The van der Waals surface area contributed by atoms with Crippen molar-refractivity contribution in [2.24, 2.45) is 5.10 Å². The summed E-state index contributed by atoms with van der Waals surface area (Å²) in [5.41, 5.74) is 3.55. The Labute approximate surface area is 200 Å². The van der Waals surface area contributed by atoms with Gasteiger partial charge in [-0.15, -0.1) is 5.10 Å². The molecular formula is C26H20N6OS. The Balaban J connectivity index is 1.32. The summed E-state index contributed by atoms with van der Waals surface area (Å²) in [4.78, 5) is 22.8. The maximum absolute atomic E-state index is 13.1. The summed E-state index contributed by atoms with van der Waals surface area (Å²) >= 11 is 1.35. The Morgan fingerprint density at radius 2 is 1.65 bits per heavy atom. The summed E-state index contributed by atoms with van der Waals surface area (Å²) in [7, 11) is 0. The predicted octanol–water partition coefficient (Wildman–Crippen LogP) is 5.00. The highest BCUT2D eigenvalue weighted by Gasteiger charge is 2.28. The molecule has 0 N–H and O–H groups in total. The topological polar surface area (TPSA) is 75.8 Å². The van der Waals surface area contributed by atoms with Crippen molar-refractivity contribution in [1.29, 1.82) is 0 Å². The minimum absolute atomic E-state index is 0.0703. The molecule has 1 atom stereocenters. The molecule has 3 heterocycles. The summed E-state index contributed by atoms with van der Waals surface area (Å²) in [5.74, 6) is 0.751. The van der Waals surface area contributed by atoms with E-state index in [1.807, 2.05) is 84.9 Å². The zero-order valence-corrected chi connectivity index (χ0v) is 19.0. The van der Waals surface area contributed by atoms with Crippen molar-refractivity contribution in [3.05, 3.63) is 90.5 Å². The lowest BCUT2D eigenvalue weighted by Crippen LogP contribution is -2.28. The van der Waals surface area contributed by atoms with Crippen molar-refractivity contribution in [3.8, 4) is 11.4 Å². The van der Waals surface area contributed by atoms with Gasteiger partial charge in [0, 0.05) is 23.6 Å². The fraction of sp³-hybridized carbons (Fsp3) is 0.115. The molecule has 6 rings (SSSR count). The number of carbonyl (C=O) groups is 1. The Hall–Kier alpha value is -4.04. The average Bonchev–Trinajstić information content (AvgIpc) is 3.57. The molecule has 1 amide bonds. The van der Waals surface area contributed by atoms with Crippen LogP contribution in [0.4, 0.5) is 0 Å². The van der Waals surface area contributed by atoms with Crippen LogP contribution in [0.1, 0.15) is 18.0 Å². The van der Waals surface area contributed by atoms with Gasteiger partial charge in [0.25, 0.3) is 5.91 Å². The van der Waals surface area contributed by atoms with Gasteiger partial charge in [0.15, 0.2) is 16.6 Å². The first-order valence-corrected chi connectivity index (χ1v) is 12.0. The molecule has 0 radical (unpaired) electrons. The van der Waals surface area contributed by atoms with E-state index in [9.17, 15) is 4.79 Å².